The van der Waals surface area contributed by atoms with Crippen molar-refractivity contribution in [2.45, 2.75) is 20.0 Å². The normalized spacial score (nSPS) is 11.8. The molecule has 0 aliphatic heterocycles. The van der Waals surface area contributed by atoms with E-state index in [4.69, 9.17) is 9.84 Å². The third-order valence-corrected chi connectivity index (χ3v) is 5.56. The van der Waals surface area contributed by atoms with Gasteiger partial charge in [0, 0.05) is 38.6 Å². The van der Waals surface area contributed by atoms with Gasteiger partial charge in [-0.15, -0.1) is 0 Å². The number of rotatable bonds is 8. The van der Waals surface area contributed by atoms with E-state index in [2.05, 4.69) is 20.4 Å². The summed E-state index contributed by atoms with van der Waals surface area (Å²) in [5, 5.41) is 15.8. The summed E-state index contributed by atoms with van der Waals surface area (Å²) >= 11 is 0. The maximum absolute atomic E-state index is 13.0. The van der Waals surface area contributed by atoms with Gasteiger partial charge in [0.05, 0.1) is 17.5 Å². The SMILES string of the molecule is CCN(C)C(=O)c1cnn(C)c1C(=O)Nc1ccn2cc(-c3cccc(OC(C)C(=O)O)c3)nc2n1. The second-order valence-electron chi connectivity index (χ2n) is 8.08. The van der Waals surface area contributed by atoms with Gasteiger partial charge in [-0.1, -0.05) is 12.1 Å². The number of fused-ring (bicyclic) bond motifs is 1. The summed E-state index contributed by atoms with van der Waals surface area (Å²) in [7, 11) is 3.24. The highest BCUT2D eigenvalue weighted by Gasteiger charge is 2.24. The van der Waals surface area contributed by atoms with Crippen LogP contribution in [0.2, 0.25) is 0 Å². The number of amides is 2. The first-order valence-electron chi connectivity index (χ1n) is 11.1. The Morgan fingerprint density at radius 1 is 1.22 bits per heavy atom. The molecule has 186 valence electrons. The number of carbonyl (C=O) groups excluding carboxylic acids is 2. The van der Waals surface area contributed by atoms with Crippen LogP contribution in [0.5, 0.6) is 5.75 Å². The second-order valence-corrected chi connectivity index (χ2v) is 8.08. The molecular weight excluding hydrogens is 466 g/mol. The Kier molecular flexibility index (Phi) is 6.68. The summed E-state index contributed by atoms with van der Waals surface area (Å²) < 4.78 is 8.47. The van der Waals surface area contributed by atoms with Gasteiger partial charge in [0.2, 0.25) is 5.78 Å². The molecule has 1 atom stereocenters. The lowest BCUT2D eigenvalue weighted by Crippen LogP contribution is -2.29. The van der Waals surface area contributed by atoms with E-state index in [1.807, 2.05) is 13.0 Å². The maximum Gasteiger partial charge on any atom is 0.344 e. The number of aliphatic carboxylic acids is 1. The quantitative estimate of drug-likeness (QED) is 0.382. The van der Waals surface area contributed by atoms with Crippen molar-refractivity contribution in [1.29, 1.82) is 0 Å². The summed E-state index contributed by atoms with van der Waals surface area (Å²) in [5.74, 6) is -0.909. The molecule has 1 aromatic carbocycles. The highest BCUT2D eigenvalue weighted by Crippen LogP contribution is 2.24. The van der Waals surface area contributed by atoms with E-state index in [1.54, 1.807) is 55.2 Å². The number of imidazole rings is 1. The molecule has 0 saturated heterocycles. The molecule has 2 amide bonds. The topological polar surface area (TPSA) is 144 Å². The highest BCUT2D eigenvalue weighted by molar-refractivity contribution is 6.10. The molecule has 0 radical (unpaired) electrons. The molecule has 0 aliphatic rings. The summed E-state index contributed by atoms with van der Waals surface area (Å²) in [6.07, 6.45) is 3.83. The van der Waals surface area contributed by atoms with Crippen molar-refractivity contribution in [3.63, 3.8) is 0 Å². The van der Waals surface area contributed by atoms with Gasteiger partial charge < -0.3 is 20.1 Å². The molecule has 4 rings (SSSR count). The minimum Gasteiger partial charge on any atom is -0.479 e. The van der Waals surface area contributed by atoms with Crippen molar-refractivity contribution in [1.82, 2.24) is 29.0 Å². The van der Waals surface area contributed by atoms with Crippen LogP contribution in [-0.4, -0.2) is 71.6 Å². The molecule has 2 N–H and O–H groups in total. The van der Waals surface area contributed by atoms with E-state index < -0.39 is 18.0 Å². The molecule has 36 heavy (non-hydrogen) atoms. The predicted molar refractivity (Wildman–Crippen MR) is 130 cm³/mol. The fourth-order valence-electron chi connectivity index (χ4n) is 3.45. The van der Waals surface area contributed by atoms with Crippen LogP contribution >= 0.6 is 0 Å². The van der Waals surface area contributed by atoms with Crippen LogP contribution in [0.1, 0.15) is 34.7 Å². The summed E-state index contributed by atoms with van der Waals surface area (Å²) in [6.45, 7) is 3.78. The third kappa shape index (κ3) is 4.87. The number of carboxylic acids is 1. The zero-order chi connectivity index (χ0) is 26.0. The Labute approximate surface area is 206 Å². The Morgan fingerprint density at radius 3 is 2.72 bits per heavy atom. The lowest BCUT2D eigenvalue weighted by molar-refractivity contribution is -0.144. The smallest absolute Gasteiger partial charge is 0.344 e. The van der Waals surface area contributed by atoms with E-state index in [-0.39, 0.29) is 23.0 Å². The second kappa shape index (κ2) is 9.86. The van der Waals surface area contributed by atoms with Crippen LogP contribution in [0, 0.1) is 0 Å². The van der Waals surface area contributed by atoms with E-state index in [1.165, 1.54) is 22.7 Å². The zero-order valence-electron chi connectivity index (χ0n) is 20.2. The fourth-order valence-corrected chi connectivity index (χ4v) is 3.45. The number of carboxylic acid groups (broad SMARTS) is 1. The van der Waals surface area contributed by atoms with Crippen LogP contribution in [0.4, 0.5) is 5.82 Å². The molecule has 0 aliphatic carbocycles. The van der Waals surface area contributed by atoms with Crippen molar-refractivity contribution in [2.24, 2.45) is 7.05 Å². The average Bonchev–Trinajstić information content (AvgIpc) is 3.46. The Morgan fingerprint density at radius 2 is 2.00 bits per heavy atom. The van der Waals surface area contributed by atoms with Gasteiger partial charge in [0.25, 0.3) is 11.8 Å². The van der Waals surface area contributed by atoms with Gasteiger partial charge >= 0.3 is 5.97 Å². The minimum atomic E-state index is -1.06. The lowest BCUT2D eigenvalue weighted by atomic mass is 10.1. The van der Waals surface area contributed by atoms with Crippen LogP contribution in [0.3, 0.4) is 0 Å². The van der Waals surface area contributed by atoms with Gasteiger partial charge in [0.1, 0.15) is 17.3 Å². The van der Waals surface area contributed by atoms with Crippen LogP contribution in [0.25, 0.3) is 17.0 Å². The Hall–Kier alpha value is -4.74. The highest BCUT2D eigenvalue weighted by atomic mass is 16.5. The van der Waals surface area contributed by atoms with Crippen LogP contribution in [0.15, 0.2) is 48.9 Å². The third-order valence-electron chi connectivity index (χ3n) is 5.56. The number of aromatic nitrogens is 5. The number of nitrogens with zero attached hydrogens (tertiary/aromatic N) is 6. The van der Waals surface area contributed by atoms with Crippen molar-refractivity contribution >= 4 is 29.4 Å². The summed E-state index contributed by atoms with van der Waals surface area (Å²) in [5.41, 5.74) is 1.61. The number of ether oxygens (including phenoxy) is 1. The van der Waals surface area contributed by atoms with Crippen molar-refractivity contribution in [3.05, 3.63) is 60.2 Å². The zero-order valence-corrected chi connectivity index (χ0v) is 20.2. The molecule has 0 saturated carbocycles. The first kappa shape index (κ1) is 24.4. The first-order chi connectivity index (χ1) is 17.2. The fraction of sp³-hybridized carbons (Fsp3) is 0.250. The van der Waals surface area contributed by atoms with E-state index in [9.17, 15) is 14.4 Å². The summed E-state index contributed by atoms with van der Waals surface area (Å²) in [6, 6.07) is 8.53. The van der Waals surface area contributed by atoms with Crippen molar-refractivity contribution < 1.29 is 24.2 Å². The standard InChI is InChI=1S/C24H25N7O5/c1-5-29(3)22(33)17-12-25-30(4)20(17)21(32)27-19-9-10-31-13-18(26-24(31)28-19)15-7-6-8-16(11-15)36-14(2)23(34)35/h6-14H,5H2,1-4H3,(H,34,35)(H,26,27,28,32). The van der Waals surface area contributed by atoms with E-state index >= 15 is 0 Å². The Bertz CT molecular complexity index is 1460. The molecular formula is C24H25N7O5. The number of anilines is 1. The van der Waals surface area contributed by atoms with Gasteiger partial charge in [-0.25, -0.2) is 9.78 Å². The first-order valence-corrected chi connectivity index (χ1v) is 11.1. The van der Waals surface area contributed by atoms with Gasteiger partial charge in [-0.2, -0.15) is 10.1 Å². The largest absolute Gasteiger partial charge is 0.479 e. The lowest BCUT2D eigenvalue weighted by Gasteiger charge is -2.14. The van der Waals surface area contributed by atoms with Crippen LogP contribution < -0.4 is 10.1 Å². The molecule has 12 nitrogen and oxygen atoms in total. The van der Waals surface area contributed by atoms with E-state index in [0.717, 1.165) is 0 Å². The Balaban J connectivity index is 1.57. The number of benzene rings is 1. The minimum absolute atomic E-state index is 0.124. The molecule has 1 unspecified atom stereocenters. The molecule has 3 heterocycles. The number of carbonyl (C=O) groups is 3. The predicted octanol–water partition coefficient (Wildman–Crippen LogP) is 2.33. The van der Waals surface area contributed by atoms with Gasteiger partial charge in [0.15, 0.2) is 6.10 Å². The van der Waals surface area contributed by atoms with E-state index in [0.29, 0.717) is 29.3 Å². The maximum atomic E-state index is 13.0. The molecule has 3 aromatic heterocycles. The molecule has 4 aromatic rings. The molecule has 0 fully saturated rings. The number of hydrogen-bond acceptors (Lipinski definition) is 7. The van der Waals surface area contributed by atoms with Gasteiger partial charge in [-0.3, -0.25) is 18.7 Å². The molecule has 12 heteroatoms. The summed E-state index contributed by atoms with van der Waals surface area (Å²) in [4.78, 5) is 47.1. The monoisotopic (exact) mass is 491 g/mol. The number of hydrogen-bond donors (Lipinski definition) is 2. The van der Waals surface area contributed by atoms with Gasteiger partial charge in [-0.05, 0) is 32.0 Å². The van der Waals surface area contributed by atoms with Crippen LogP contribution in [-0.2, 0) is 11.8 Å². The average molecular weight is 492 g/mol. The number of aryl methyl sites for hydroxylation is 1. The number of nitrogens with one attached hydrogen (secondary N) is 1. The molecule has 0 bridgehead atoms. The van der Waals surface area contributed by atoms with Crippen molar-refractivity contribution in [3.8, 4) is 17.0 Å². The molecule has 0 spiro atoms. The van der Waals surface area contributed by atoms with Crippen molar-refractivity contribution in [2.75, 3.05) is 18.9 Å².